The van der Waals surface area contributed by atoms with Crippen LogP contribution in [0.2, 0.25) is 10.0 Å². The quantitative estimate of drug-likeness (QED) is 0.921. The molecule has 2 aromatic carbocycles. The summed E-state index contributed by atoms with van der Waals surface area (Å²) in [5.41, 5.74) is 1.48. The van der Waals surface area contributed by atoms with Gasteiger partial charge in [0.1, 0.15) is 0 Å². The SMILES string of the molecule is CS(=O)(=O)c1ccc(Cl)c(NCc2ccccc2Cl)c1. The van der Waals surface area contributed by atoms with Gasteiger partial charge in [-0.15, -0.1) is 0 Å². The summed E-state index contributed by atoms with van der Waals surface area (Å²) in [6.07, 6.45) is 1.16. The third-order valence-electron chi connectivity index (χ3n) is 2.79. The van der Waals surface area contributed by atoms with Gasteiger partial charge in [0.25, 0.3) is 0 Å². The number of rotatable bonds is 4. The van der Waals surface area contributed by atoms with Gasteiger partial charge in [0.2, 0.25) is 0 Å². The van der Waals surface area contributed by atoms with Crippen molar-refractivity contribution in [1.82, 2.24) is 0 Å². The number of hydrogen-bond acceptors (Lipinski definition) is 3. The molecule has 0 bridgehead atoms. The molecule has 0 aliphatic rings. The summed E-state index contributed by atoms with van der Waals surface area (Å²) in [6.45, 7) is 0.465. The predicted molar refractivity (Wildman–Crippen MR) is 83.3 cm³/mol. The molecule has 3 nitrogen and oxygen atoms in total. The van der Waals surface area contributed by atoms with Crippen molar-refractivity contribution in [1.29, 1.82) is 0 Å². The van der Waals surface area contributed by atoms with Crippen molar-refractivity contribution in [3.8, 4) is 0 Å². The molecule has 6 heteroatoms. The van der Waals surface area contributed by atoms with E-state index in [1.165, 1.54) is 12.1 Å². The highest BCUT2D eigenvalue weighted by Gasteiger charge is 2.10. The summed E-state index contributed by atoms with van der Waals surface area (Å²) in [5, 5.41) is 4.21. The van der Waals surface area contributed by atoms with Crippen LogP contribution in [0.1, 0.15) is 5.56 Å². The second-order valence-corrected chi connectivity index (χ2v) is 7.19. The highest BCUT2D eigenvalue weighted by atomic mass is 35.5. The van der Waals surface area contributed by atoms with Gasteiger partial charge in [-0.05, 0) is 29.8 Å². The van der Waals surface area contributed by atoms with Crippen LogP contribution in [-0.2, 0) is 16.4 Å². The third kappa shape index (κ3) is 3.66. The van der Waals surface area contributed by atoms with Gasteiger partial charge >= 0.3 is 0 Å². The van der Waals surface area contributed by atoms with E-state index in [9.17, 15) is 8.42 Å². The summed E-state index contributed by atoms with van der Waals surface area (Å²) in [6, 6.07) is 12.0. The monoisotopic (exact) mass is 329 g/mol. The summed E-state index contributed by atoms with van der Waals surface area (Å²) in [7, 11) is -3.26. The molecule has 0 radical (unpaired) electrons. The Kier molecular flexibility index (Phi) is 4.58. The normalized spacial score (nSPS) is 11.3. The van der Waals surface area contributed by atoms with Crippen molar-refractivity contribution in [3.63, 3.8) is 0 Å². The molecule has 106 valence electrons. The van der Waals surface area contributed by atoms with E-state index in [2.05, 4.69) is 5.32 Å². The minimum atomic E-state index is -3.26. The standard InChI is InChI=1S/C14H13Cl2NO2S/c1-20(18,19)11-6-7-13(16)14(8-11)17-9-10-4-2-3-5-12(10)15/h2-8,17H,9H2,1H3. The van der Waals surface area contributed by atoms with E-state index in [1.807, 2.05) is 18.2 Å². The number of nitrogens with one attached hydrogen (secondary N) is 1. The third-order valence-corrected chi connectivity index (χ3v) is 4.60. The zero-order chi connectivity index (χ0) is 14.8. The molecule has 0 fully saturated rings. The van der Waals surface area contributed by atoms with Crippen molar-refractivity contribution in [3.05, 3.63) is 58.1 Å². The van der Waals surface area contributed by atoms with Crippen LogP contribution in [0.4, 0.5) is 5.69 Å². The van der Waals surface area contributed by atoms with E-state index < -0.39 is 9.84 Å². The Morgan fingerprint density at radius 3 is 2.40 bits per heavy atom. The molecule has 0 spiro atoms. The highest BCUT2D eigenvalue weighted by Crippen LogP contribution is 2.26. The second-order valence-electron chi connectivity index (χ2n) is 4.36. The summed E-state index contributed by atoms with van der Waals surface area (Å²) < 4.78 is 23.1. The van der Waals surface area contributed by atoms with Crippen molar-refractivity contribution < 1.29 is 8.42 Å². The number of hydrogen-bond donors (Lipinski definition) is 1. The Balaban J connectivity index is 2.24. The fourth-order valence-electron chi connectivity index (χ4n) is 1.70. The van der Waals surface area contributed by atoms with Crippen LogP contribution in [-0.4, -0.2) is 14.7 Å². The van der Waals surface area contributed by atoms with Gasteiger partial charge in [-0.25, -0.2) is 8.42 Å². The van der Waals surface area contributed by atoms with Gasteiger partial charge < -0.3 is 5.32 Å². The maximum atomic E-state index is 11.5. The van der Waals surface area contributed by atoms with Crippen LogP contribution in [0, 0.1) is 0 Å². The van der Waals surface area contributed by atoms with Crippen LogP contribution >= 0.6 is 23.2 Å². The summed E-state index contributed by atoms with van der Waals surface area (Å²) in [4.78, 5) is 0.226. The fourth-order valence-corrected chi connectivity index (χ4v) is 2.74. The lowest BCUT2D eigenvalue weighted by Gasteiger charge is -2.11. The molecule has 20 heavy (non-hydrogen) atoms. The first-order valence-electron chi connectivity index (χ1n) is 5.85. The van der Waals surface area contributed by atoms with Crippen LogP contribution < -0.4 is 5.32 Å². The molecule has 1 N–H and O–H groups in total. The molecule has 0 saturated carbocycles. The number of anilines is 1. The number of benzene rings is 2. The van der Waals surface area contributed by atoms with Gasteiger partial charge in [0.15, 0.2) is 9.84 Å². The smallest absolute Gasteiger partial charge is 0.175 e. The molecular formula is C14H13Cl2NO2S. The van der Waals surface area contributed by atoms with Gasteiger partial charge in [-0.3, -0.25) is 0 Å². The van der Waals surface area contributed by atoms with E-state index in [0.717, 1.165) is 11.8 Å². The van der Waals surface area contributed by atoms with Crippen molar-refractivity contribution in [2.45, 2.75) is 11.4 Å². The first-order chi connectivity index (χ1) is 9.38. The predicted octanol–water partition coefficient (Wildman–Crippen LogP) is 4.01. The van der Waals surface area contributed by atoms with Crippen molar-refractivity contribution in [2.75, 3.05) is 11.6 Å². The molecule has 0 amide bonds. The maximum Gasteiger partial charge on any atom is 0.175 e. The second kappa shape index (κ2) is 6.04. The number of sulfone groups is 1. The van der Waals surface area contributed by atoms with Crippen LogP contribution in [0.5, 0.6) is 0 Å². The van der Waals surface area contributed by atoms with Crippen LogP contribution in [0.3, 0.4) is 0 Å². The highest BCUT2D eigenvalue weighted by molar-refractivity contribution is 7.90. The molecular weight excluding hydrogens is 317 g/mol. The topological polar surface area (TPSA) is 46.2 Å². The summed E-state index contributed by atoms with van der Waals surface area (Å²) >= 11 is 12.1. The van der Waals surface area contributed by atoms with Gasteiger partial charge in [0, 0.05) is 17.8 Å². The molecule has 0 aromatic heterocycles. The molecule has 2 rings (SSSR count). The summed E-state index contributed by atoms with van der Waals surface area (Å²) in [5.74, 6) is 0. The maximum absolute atomic E-state index is 11.5. The molecule has 0 heterocycles. The Labute approximate surface area is 128 Å². The van der Waals surface area contributed by atoms with E-state index in [0.29, 0.717) is 22.3 Å². The number of halogens is 2. The zero-order valence-corrected chi connectivity index (χ0v) is 13.1. The lowest BCUT2D eigenvalue weighted by Crippen LogP contribution is -2.03. The van der Waals surface area contributed by atoms with E-state index in [-0.39, 0.29) is 4.90 Å². The average Bonchev–Trinajstić information content (AvgIpc) is 2.38. The van der Waals surface area contributed by atoms with Crippen LogP contribution in [0.25, 0.3) is 0 Å². The molecule has 2 aromatic rings. The van der Waals surface area contributed by atoms with E-state index in [1.54, 1.807) is 12.1 Å². The Bertz CT molecular complexity index is 730. The first kappa shape index (κ1) is 15.2. The Morgan fingerprint density at radius 2 is 1.75 bits per heavy atom. The fraction of sp³-hybridized carbons (Fsp3) is 0.143. The molecule has 0 aliphatic heterocycles. The molecule has 0 unspecified atom stereocenters. The Morgan fingerprint density at radius 1 is 1.05 bits per heavy atom. The first-order valence-corrected chi connectivity index (χ1v) is 8.49. The van der Waals surface area contributed by atoms with Crippen molar-refractivity contribution in [2.24, 2.45) is 0 Å². The van der Waals surface area contributed by atoms with Crippen LogP contribution in [0.15, 0.2) is 47.4 Å². The average molecular weight is 330 g/mol. The largest absolute Gasteiger partial charge is 0.380 e. The van der Waals surface area contributed by atoms with Crippen molar-refractivity contribution >= 4 is 38.7 Å². The molecule has 0 aliphatic carbocycles. The molecule has 0 atom stereocenters. The lowest BCUT2D eigenvalue weighted by molar-refractivity contribution is 0.602. The minimum absolute atomic E-state index is 0.226. The lowest BCUT2D eigenvalue weighted by atomic mass is 10.2. The zero-order valence-electron chi connectivity index (χ0n) is 10.7. The van der Waals surface area contributed by atoms with Gasteiger partial charge in [-0.2, -0.15) is 0 Å². The van der Waals surface area contributed by atoms with E-state index in [4.69, 9.17) is 23.2 Å². The van der Waals surface area contributed by atoms with Gasteiger partial charge in [0.05, 0.1) is 15.6 Å². The minimum Gasteiger partial charge on any atom is -0.380 e. The van der Waals surface area contributed by atoms with E-state index >= 15 is 0 Å². The van der Waals surface area contributed by atoms with Gasteiger partial charge in [-0.1, -0.05) is 41.4 Å². The molecule has 0 saturated heterocycles. The Hall–Kier alpha value is -1.23.